The lowest BCUT2D eigenvalue weighted by Crippen LogP contribution is -2.27. The summed E-state index contributed by atoms with van der Waals surface area (Å²) in [5.74, 6) is -0.238. The van der Waals surface area contributed by atoms with Gasteiger partial charge >= 0.3 is 5.97 Å². The van der Waals surface area contributed by atoms with Gasteiger partial charge in [-0.25, -0.2) is 8.42 Å². The quantitative estimate of drug-likeness (QED) is 0.744. The van der Waals surface area contributed by atoms with E-state index in [1.807, 2.05) is 0 Å². The predicted octanol–water partition coefficient (Wildman–Crippen LogP) is 1.58. The lowest BCUT2D eigenvalue weighted by atomic mass is 10.1. The van der Waals surface area contributed by atoms with Crippen LogP contribution in [-0.2, 0) is 26.0 Å². The Kier molecular flexibility index (Phi) is 5.35. The van der Waals surface area contributed by atoms with E-state index < -0.39 is 10.0 Å². The number of nitrogens with zero attached hydrogens (tertiary/aromatic N) is 1. The average molecular weight is 285 g/mol. The average Bonchev–Trinajstić information content (AvgIpc) is 2.39. The smallest absolute Gasteiger partial charge is 0.310 e. The molecule has 0 aliphatic carbocycles. The van der Waals surface area contributed by atoms with Gasteiger partial charge < -0.3 is 4.74 Å². The van der Waals surface area contributed by atoms with Gasteiger partial charge in [-0.3, -0.25) is 9.10 Å². The number of esters is 1. The maximum Gasteiger partial charge on any atom is 0.310 e. The van der Waals surface area contributed by atoms with Crippen LogP contribution < -0.4 is 4.31 Å². The van der Waals surface area contributed by atoms with Crippen LogP contribution in [-0.4, -0.2) is 33.8 Å². The molecule has 5 nitrogen and oxygen atoms in total. The van der Waals surface area contributed by atoms with Gasteiger partial charge in [-0.15, -0.1) is 0 Å². The number of carbonyl (C=O) groups excluding carboxylic acids is 1. The van der Waals surface area contributed by atoms with Crippen molar-refractivity contribution < 1.29 is 17.9 Å². The molecular weight excluding hydrogens is 266 g/mol. The van der Waals surface area contributed by atoms with Crippen molar-refractivity contribution in [1.82, 2.24) is 0 Å². The second kappa shape index (κ2) is 6.56. The number of hydrogen-bond donors (Lipinski definition) is 0. The molecule has 0 amide bonds. The van der Waals surface area contributed by atoms with E-state index in [0.717, 1.165) is 5.56 Å². The molecule has 0 aliphatic heterocycles. The Hall–Kier alpha value is -1.56. The largest absolute Gasteiger partial charge is 0.466 e. The molecule has 0 heterocycles. The standard InChI is InChI=1S/C13H19NO4S/c1-4-18-13(15)10-11-6-8-12(9-7-11)14(3)19(16,17)5-2/h6-9H,4-5,10H2,1-3H3. The molecule has 0 aliphatic rings. The minimum atomic E-state index is -3.25. The first-order chi connectivity index (χ1) is 8.90. The number of sulfonamides is 1. The maximum absolute atomic E-state index is 11.7. The monoisotopic (exact) mass is 285 g/mol. The van der Waals surface area contributed by atoms with Gasteiger partial charge in [0.05, 0.1) is 24.5 Å². The van der Waals surface area contributed by atoms with Crippen LogP contribution in [0.2, 0.25) is 0 Å². The van der Waals surface area contributed by atoms with Crippen molar-refractivity contribution in [2.45, 2.75) is 20.3 Å². The molecule has 0 bridgehead atoms. The number of anilines is 1. The van der Waals surface area contributed by atoms with Gasteiger partial charge in [0.25, 0.3) is 0 Å². The molecule has 19 heavy (non-hydrogen) atoms. The lowest BCUT2D eigenvalue weighted by Gasteiger charge is -2.18. The van der Waals surface area contributed by atoms with Crippen LogP contribution in [0.5, 0.6) is 0 Å². The summed E-state index contributed by atoms with van der Waals surface area (Å²) in [5.41, 5.74) is 1.37. The molecule has 106 valence electrons. The molecular formula is C13H19NO4S. The van der Waals surface area contributed by atoms with Crippen LogP contribution in [0.4, 0.5) is 5.69 Å². The number of ether oxygens (including phenoxy) is 1. The second-order valence-electron chi connectivity index (χ2n) is 4.02. The molecule has 0 spiro atoms. The number of carbonyl (C=O) groups is 1. The number of benzene rings is 1. The fourth-order valence-corrected chi connectivity index (χ4v) is 2.39. The molecule has 1 aromatic rings. The van der Waals surface area contributed by atoms with E-state index in [-0.39, 0.29) is 18.1 Å². The van der Waals surface area contributed by atoms with Gasteiger partial charge in [0, 0.05) is 7.05 Å². The Bertz CT molecular complexity index is 522. The van der Waals surface area contributed by atoms with Gasteiger partial charge in [-0.1, -0.05) is 12.1 Å². The highest BCUT2D eigenvalue weighted by Gasteiger charge is 2.15. The zero-order chi connectivity index (χ0) is 14.5. The Morgan fingerprint density at radius 1 is 1.21 bits per heavy atom. The molecule has 0 atom stereocenters. The van der Waals surface area contributed by atoms with E-state index >= 15 is 0 Å². The Morgan fingerprint density at radius 3 is 2.26 bits per heavy atom. The first-order valence-electron chi connectivity index (χ1n) is 6.12. The minimum Gasteiger partial charge on any atom is -0.466 e. The molecule has 0 aromatic heterocycles. The van der Waals surface area contributed by atoms with Crippen molar-refractivity contribution in [3.05, 3.63) is 29.8 Å². The van der Waals surface area contributed by atoms with Crippen LogP contribution in [0.3, 0.4) is 0 Å². The third-order valence-electron chi connectivity index (χ3n) is 2.74. The van der Waals surface area contributed by atoms with Gasteiger partial charge in [0.15, 0.2) is 0 Å². The number of rotatable bonds is 6. The van der Waals surface area contributed by atoms with Crippen molar-refractivity contribution in [2.24, 2.45) is 0 Å². The molecule has 0 saturated heterocycles. The summed E-state index contributed by atoms with van der Waals surface area (Å²) in [6.07, 6.45) is 0.193. The highest BCUT2D eigenvalue weighted by atomic mass is 32.2. The summed E-state index contributed by atoms with van der Waals surface area (Å²) < 4.78 is 29.5. The van der Waals surface area contributed by atoms with Crippen molar-refractivity contribution in [3.63, 3.8) is 0 Å². The van der Waals surface area contributed by atoms with Crippen molar-refractivity contribution in [2.75, 3.05) is 23.7 Å². The maximum atomic E-state index is 11.7. The molecule has 0 fully saturated rings. The minimum absolute atomic E-state index is 0.0497. The summed E-state index contributed by atoms with van der Waals surface area (Å²) >= 11 is 0. The highest BCUT2D eigenvalue weighted by Crippen LogP contribution is 2.17. The van der Waals surface area contributed by atoms with Crippen LogP contribution in [0.25, 0.3) is 0 Å². The summed E-state index contributed by atoms with van der Waals surface area (Å²) in [6.45, 7) is 3.71. The second-order valence-corrected chi connectivity index (χ2v) is 6.31. The van der Waals surface area contributed by atoms with E-state index in [0.29, 0.717) is 12.3 Å². The summed E-state index contributed by atoms with van der Waals surface area (Å²) in [6, 6.07) is 6.82. The normalized spacial score (nSPS) is 11.1. The van der Waals surface area contributed by atoms with E-state index in [2.05, 4.69) is 0 Å². The van der Waals surface area contributed by atoms with Crippen LogP contribution in [0.1, 0.15) is 19.4 Å². The molecule has 0 radical (unpaired) electrons. The van der Waals surface area contributed by atoms with Crippen molar-refractivity contribution >= 4 is 21.7 Å². The molecule has 1 aromatic carbocycles. The first kappa shape index (κ1) is 15.5. The first-order valence-corrected chi connectivity index (χ1v) is 7.72. The SMILES string of the molecule is CCOC(=O)Cc1ccc(N(C)S(=O)(=O)CC)cc1. The highest BCUT2D eigenvalue weighted by molar-refractivity contribution is 7.92. The Balaban J connectivity index is 2.79. The summed E-state index contributed by atoms with van der Waals surface area (Å²) in [4.78, 5) is 11.3. The molecule has 0 unspecified atom stereocenters. The van der Waals surface area contributed by atoms with E-state index in [1.54, 1.807) is 38.1 Å². The third-order valence-corrected chi connectivity index (χ3v) is 4.51. The summed E-state index contributed by atoms with van der Waals surface area (Å²) in [5, 5.41) is 0. The van der Waals surface area contributed by atoms with E-state index in [4.69, 9.17) is 4.74 Å². The fourth-order valence-electron chi connectivity index (χ4n) is 1.56. The van der Waals surface area contributed by atoms with Gasteiger partial charge in [-0.2, -0.15) is 0 Å². The van der Waals surface area contributed by atoms with E-state index in [9.17, 15) is 13.2 Å². The topological polar surface area (TPSA) is 63.7 Å². The number of hydrogen-bond acceptors (Lipinski definition) is 4. The zero-order valence-electron chi connectivity index (χ0n) is 11.4. The van der Waals surface area contributed by atoms with Gasteiger partial charge in [0.1, 0.15) is 0 Å². The van der Waals surface area contributed by atoms with Crippen LogP contribution >= 0.6 is 0 Å². The molecule has 0 saturated carbocycles. The van der Waals surface area contributed by atoms with Crippen molar-refractivity contribution in [3.8, 4) is 0 Å². The zero-order valence-corrected chi connectivity index (χ0v) is 12.2. The van der Waals surface area contributed by atoms with Gasteiger partial charge in [-0.05, 0) is 31.5 Å². The van der Waals surface area contributed by atoms with Crippen molar-refractivity contribution in [1.29, 1.82) is 0 Å². The molecule has 1 rings (SSSR count). The van der Waals surface area contributed by atoms with Crippen LogP contribution in [0.15, 0.2) is 24.3 Å². The summed E-state index contributed by atoms with van der Waals surface area (Å²) in [7, 11) is -1.74. The van der Waals surface area contributed by atoms with Gasteiger partial charge in [0.2, 0.25) is 10.0 Å². The lowest BCUT2D eigenvalue weighted by molar-refractivity contribution is -0.142. The third kappa shape index (κ3) is 4.24. The molecule has 0 N–H and O–H groups in total. The Morgan fingerprint density at radius 2 is 1.79 bits per heavy atom. The Labute approximate surface area is 114 Å². The molecule has 6 heteroatoms. The van der Waals surface area contributed by atoms with E-state index in [1.165, 1.54) is 11.4 Å². The predicted molar refractivity (Wildman–Crippen MR) is 74.6 cm³/mol. The van der Waals surface area contributed by atoms with Crippen LogP contribution in [0, 0.1) is 0 Å². The fraction of sp³-hybridized carbons (Fsp3) is 0.462.